The average Bonchev–Trinajstić information content (AvgIpc) is 2.02. The van der Waals surface area contributed by atoms with Crippen molar-refractivity contribution in [2.24, 2.45) is 5.41 Å². The highest BCUT2D eigenvalue weighted by Gasteiger charge is 2.26. The molecule has 0 aromatic carbocycles. The summed E-state index contributed by atoms with van der Waals surface area (Å²) < 4.78 is 0. The smallest absolute Gasteiger partial charge is 0.0163 e. The van der Waals surface area contributed by atoms with Gasteiger partial charge in [0, 0.05) is 19.1 Å². The van der Waals surface area contributed by atoms with Gasteiger partial charge in [0.25, 0.3) is 0 Å². The molecule has 0 radical (unpaired) electrons. The summed E-state index contributed by atoms with van der Waals surface area (Å²) in [5.41, 5.74) is 0.533. The molecule has 1 atom stereocenters. The van der Waals surface area contributed by atoms with Crippen molar-refractivity contribution in [2.45, 2.75) is 39.7 Å². The van der Waals surface area contributed by atoms with Crippen molar-refractivity contribution >= 4 is 0 Å². The molecule has 0 amide bonds. The lowest BCUT2D eigenvalue weighted by molar-refractivity contribution is 0.110. The van der Waals surface area contributed by atoms with Gasteiger partial charge in [0.2, 0.25) is 0 Å². The molecule has 1 heterocycles. The van der Waals surface area contributed by atoms with E-state index in [0.29, 0.717) is 11.5 Å². The number of hydrogen-bond donors (Lipinski definition) is 1. The Kier molecular flexibility index (Phi) is 3.74. The zero-order valence-corrected chi connectivity index (χ0v) is 9.56. The van der Waals surface area contributed by atoms with Gasteiger partial charge in [-0.25, -0.2) is 0 Å². The van der Waals surface area contributed by atoms with E-state index in [2.05, 4.69) is 31.0 Å². The second-order valence-electron chi connectivity index (χ2n) is 5.19. The van der Waals surface area contributed by atoms with E-state index in [1.165, 1.54) is 32.5 Å². The van der Waals surface area contributed by atoms with E-state index in [1.54, 1.807) is 0 Å². The SMILES string of the molecule is CN[C@@H](C)CN1CCCC(C)(C)C1. The molecule has 1 rings (SSSR count). The van der Waals surface area contributed by atoms with Crippen molar-refractivity contribution in [3.63, 3.8) is 0 Å². The minimum atomic E-state index is 0.533. The topological polar surface area (TPSA) is 15.3 Å². The lowest BCUT2D eigenvalue weighted by Gasteiger charge is -2.39. The molecule has 1 saturated heterocycles. The van der Waals surface area contributed by atoms with Crippen molar-refractivity contribution in [3.8, 4) is 0 Å². The fraction of sp³-hybridized carbons (Fsp3) is 1.00. The fourth-order valence-corrected chi connectivity index (χ4v) is 2.18. The number of likely N-dealkylation sites (N-methyl/N-ethyl adjacent to an activating group) is 1. The number of nitrogens with zero attached hydrogens (tertiary/aromatic N) is 1. The largest absolute Gasteiger partial charge is 0.316 e. The number of rotatable bonds is 3. The van der Waals surface area contributed by atoms with E-state index in [1.807, 2.05) is 7.05 Å². The third-order valence-corrected chi connectivity index (χ3v) is 3.00. The van der Waals surface area contributed by atoms with Gasteiger partial charge in [-0.2, -0.15) is 0 Å². The maximum Gasteiger partial charge on any atom is 0.0163 e. The van der Waals surface area contributed by atoms with E-state index in [9.17, 15) is 0 Å². The molecule has 0 unspecified atom stereocenters. The lowest BCUT2D eigenvalue weighted by Crippen LogP contribution is -2.45. The Labute approximate surface area is 82.7 Å². The van der Waals surface area contributed by atoms with Crippen molar-refractivity contribution in [1.82, 2.24) is 10.2 Å². The molecule has 0 saturated carbocycles. The molecule has 1 aliphatic heterocycles. The van der Waals surface area contributed by atoms with Crippen LogP contribution in [0, 0.1) is 5.41 Å². The second-order valence-corrected chi connectivity index (χ2v) is 5.19. The van der Waals surface area contributed by atoms with Crippen LogP contribution >= 0.6 is 0 Å². The summed E-state index contributed by atoms with van der Waals surface area (Å²) >= 11 is 0. The Morgan fingerprint density at radius 1 is 1.46 bits per heavy atom. The van der Waals surface area contributed by atoms with Crippen molar-refractivity contribution in [1.29, 1.82) is 0 Å². The predicted octanol–water partition coefficient (Wildman–Crippen LogP) is 1.72. The third kappa shape index (κ3) is 3.65. The highest BCUT2D eigenvalue weighted by atomic mass is 15.2. The second kappa shape index (κ2) is 4.43. The molecular weight excluding hydrogens is 160 g/mol. The first kappa shape index (κ1) is 11.0. The molecule has 2 nitrogen and oxygen atoms in total. The van der Waals surface area contributed by atoms with Crippen LogP contribution in [0.15, 0.2) is 0 Å². The number of piperidine rings is 1. The average molecular weight is 184 g/mol. The molecule has 1 N–H and O–H groups in total. The van der Waals surface area contributed by atoms with Gasteiger partial charge in [0.15, 0.2) is 0 Å². The van der Waals surface area contributed by atoms with Crippen LogP contribution in [0.5, 0.6) is 0 Å². The summed E-state index contributed by atoms with van der Waals surface area (Å²) in [6, 6.07) is 0.619. The zero-order valence-electron chi connectivity index (χ0n) is 9.56. The molecule has 1 aliphatic rings. The van der Waals surface area contributed by atoms with Gasteiger partial charge < -0.3 is 10.2 Å². The molecule has 0 spiro atoms. The summed E-state index contributed by atoms with van der Waals surface area (Å²) in [5, 5.41) is 3.30. The molecule has 0 aromatic rings. The number of nitrogens with one attached hydrogen (secondary N) is 1. The Morgan fingerprint density at radius 3 is 2.69 bits per heavy atom. The first-order valence-corrected chi connectivity index (χ1v) is 5.43. The zero-order chi connectivity index (χ0) is 9.90. The molecular formula is C11H24N2. The Bertz CT molecular complexity index is 154. The minimum Gasteiger partial charge on any atom is -0.316 e. The standard InChI is InChI=1S/C11H24N2/c1-10(12-4)8-13-7-5-6-11(2,3)9-13/h10,12H,5-9H2,1-4H3/t10-/m0/s1. The van der Waals surface area contributed by atoms with Crippen molar-refractivity contribution < 1.29 is 0 Å². The van der Waals surface area contributed by atoms with Crippen LogP contribution in [0.4, 0.5) is 0 Å². The first-order chi connectivity index (χ1) is 6.03. The molecule has 0 aromatic heterocycles. The number of likely N-dealkylation sites (tertiary alicyclic amines) is 1. The monoisotopic (exact) mass is 184 g/mol. The van der Waals surface area contributed by atoms with Crippen molar-refractivity contribution in [3.05, 3.63) is 0 Å². The summed E-state index contributed by atoms with van der Waals surface area (Å²) in [7, 11) is 2.04. The summed E-state index contributed by atoms with van der Waals surface area (Å²) in [6.07, 6.45) is 2.75. The van der Waals surface area contributed by atoms with Crippen LogP contribution in [0.1, 0.15) is 33.6 Å². The van der Waals surface area contributed by atoms with Crippen molar-refractivity contribution in [2.75, 3.05) is 26.7 Å². The quantitative estimate of drug-likeness (QED) is 0.718. The Balaban J connectivity index is 2.34. The van der Waals surface area contributed by atoms with Gasteiger partial charge in [-0.1, -0.05) is 13.8 Å². The summed E-state index contributed by atoms with van der Waals surface area (Å²) in [5.74, 6) is 0. The summed E-state index contributed by atoms with van der Waals surface area (Å²) in [6.45, 7) is 10.8. The molecule has 2 heteroatoms. The van der Waals surface area contributed by atoms with Gasteiger partial charge >= 0.3 is 0 Å². The maximum atomic E-state index is 3.30. The van der Waals surface area contributed by atoms with E-state index >= 15 is 0 Å². The predicted molar refractivity (Wildman–Crippen MR) is 58.0 cm³/mol. The van der Waals surface area contributed by atoms with Crippen LogP contribution in [0.3, 0.4) is 0 Å². The van der Waals surface area contributed by atoms with Crippen LogP contribution < -0.4 is 5.32 Å². The molecule has 13 heavy (non-hydrogen) atoms. The van der Waals surface area contributed by atoms with Crippen LogP contribution in [0.2, 0.25) is 0 Å². The van der Waals surface area contributed by atoms with Gasteiger partial charge in [0.05, 0.1) is 0 Å². The summed E-state index contributed by atoms with van der Waals surface area (Å²) in [4.78, 5) is 2.59. The molecule has 0 bridgehead atoms. The molecule has 0 aliphatic carbocycles. The van der Waals surface area contributed by atoms with Gasteiger partial charge in [-0.3, -0.25) is 0 Å². The third-order valence-electron chi connectivity index (χ3n) is 3.00. The van der Waals surface area contributed by atoms with Crippen LogP contribution in [0.25, 0.3) is 0 Å². The van der Waals surface area contributed by atoms with E-state index in [4.69, 9.17) is 0 Å². The van der Waals surface area contributed by atoms with E-state index in [0.717, 1.165) is 0 Å². The van der Waals surface area contributed by atoms with E-state index in [-0.39, 0.29) is 0 Å². The highest BCUT2D eigenvalue weighted by Crippen LogP contribution is 2.28. The van der Waals surface area contributed by atoms with E-state index < -0.39 is 0 Å². The normalized spacial score (nSPS) is 25.8. The Morgan fingerprint density at radius 2 is 2.15 bits per heavy atom. The number of hydrogen-bond acceptors (Lipinski definition) is 2. The van der Waals surface area contributed by atoms with Gasteiger partial charge in [0.1, 0.15) is 0 Å². The lowest BCUT2D eigenvalue weighted by atomic mass is 9.84. The first-order valence-electron chi connectivity index (χ1n) is 5.43. The fourth-order valence-electron chi connectivity index (χ4n) is 2.18. The molecule has 78 valence electrons. The van der Waals surface area contributed by atoms with Gasteiger partial charge in [-0.05, 0) is 38.8 Å². The maximum absolute atomic E-state index is 3.30. The molecule has 1 fully saturated rings. The van der Waals surface area contributed by atoms with Crippen LogP contribution in [-0.2, 0) is 0 Å². The van der Waals surface area contributed by atoms with Gasteiger partial charge in [-0.15, -0.1) is 0 Å². The Hall–Kier alpha value is -0.0800. The highest BCUT2D eigenvalue weighted by molar-refractivity contribution is 4.81. The van der Waals surface area contributed by atoms with Crippen LogP contribution in [-0.4, -0.2) is 37.6 Å². The minimum absolute atomic E-state index is 0.533.